The number of amides is 1. The van der Waals surface area contributed by atoms with E-state index in [0.29, 0.717) is 43.6 Å². The number of ether oxygens (including phenoxy) is 2. The van der Waals surface area contributed by atoms with Gasteiger partial charge in [-0.15, -0.1) is 0 Å². The number of aromatic nitrogens is 3. The van der Waals surface area contributed by atoms with Gasteiger partial charge < -0.3 is 19.7 Å². The summed E-state index contributed by atoms with van der Waals surface area (Å²) in [5, 5.41) is 2.87. The number of morpholine rings is 1. The molecule has 0 unspecified atom stereocenters. The molecule has 1 aromatic heterocycles. The van der Waals surface area contributed by atoms with Crippen molar-refractivity contribution in [2.45, 2.75) is 20.4 Å². The van der Waals surface area contributed by atoms with Gasteiger partial charge in [0, 0.05) is 18.7 Å². The topological polar surface area (TPSA) is 89.5 Å². The van der Waals surface area contributed by atoms with Crippen molar-refractivity contribution in [2.75, 3.05) is 38.3 Å². The summed E-state index contributed by atoms with van der Waals surface area (Å²) in [4.78, 5) is 27.5. The number of carbonyl (C=O) groups is 1. The molecular formula is C18H23N5O3. The second kappa shape index (κ2) is 8.09. The van der Waals surface area contributed by atoms with Crippen LogP contribution in [0.2, 0.25) is 0 Å². The van der Waals surface area contributed by atoms with Crippen molar-refractivity contribution in [2.24, 2.45) is 0 Å². The number of benzene rings is 1. The molecule has 1 N–H and O–H groups in total. The highest BCUT2D eigenvalue weighted by molar-refractivity contribution is 5.95. The third-order valence-corrected chi connectivity index (χ3v) is 4.17. The summed E-state index contributed by atoms with van der Waals surface area (Å²) in [6.45, 7) is 6.75. The van der Waals surface area contributed by atoms with Gasteiger partial charge >= 0.3 is 6.01 Å². The van der Waals surface area contributed by atoms with Crippen molar-refractivity contribution in [1.82, 2.24) is 20.3 Å². The Kier molecular flexibility index (Phi) is 5.62. The predicted octanol–water partition coefficient (Wildman–Crippen LogP) is 1.26. The van der Waals surface area contributed by atoms with Crippen molar-refractivity contribution in [3.63, 3.8) is 0 Å². The summed E-state index contributed by atoms with van der Waals surface area (Å²) in [6, 6.07) is 6.03. The third kappa shape index (κ3) is 4.26. The number of hydrogen-bond donors (Lipinski definition) is 1. The molecule has 0 bridgehead atoms. The molecule has 138 valence electrons. The van der Waals surface area contributed by atoms with Gasteiger partial charge in [-0.05, 0) is 25.5 Å². The molecule has 1 saturated heterocycles. The van der Waals surface area contributed by atoms with Gasteiger partial charge in [0.05, 0.1) is 26.9 Å². The Labute approximate surface area is 152 Å². The fourth-order valence-electron chi connectivity index (χ4n) is 2.70. The number of anilines is 1. The van der Waals surface area contributed by atoms with Crippen molar-refractivity contribution in [1.29, 1.82) is 0 Å². The molecule has 26 heavy (non-hydrogen) atoms. The number of methoxy groups -OCH3 is 1. The molecule has 1 aromatic carbocycles. The van der Waals surface area contributed by atoms with E-state index in [1.165, 1.54) is 7.11 Å². The summed E-state index contributed by atoms with van der Waals surface area (Å²) >= 11 is 0. The largest absolute Gasteiger partial charge is 0.467 e. The van der Waals surface area contributed by atoms with Crippen LogP contribution in [0, 0.1) is 13.8 Å². The fraction of sp³-hybridized carbons (Fsp3) is 0.444. The van der Waals surface area contributed by atoms with Gasteiger partial charge in [-0.3, -0.25) is 4.79 Å². The van der Waals surface area contributed by atoms with Crippen molar-refractivity contribution >= 4 is 11.9 Å². The molecule has 1 fully saturated rings. The Morgan fingerprint density at radius 2 is 2.00 bits per heavy atom. The van der Waals surface area contributed by atoms with Crippen LogP contribution >= 0.6 is 0 Å². The summed E-state index contributed by atoms with van der Waals surface area (Å²) in [7, 11) is 1.51. The Bertz CT molecular complexity index is 790. The first-order valence-corrected chi connectivity index (χ1v) is 8.54. The highest BCUT2D eigenvalue weighted by Crippen LogP contribution is 2.14. The van der Waals surface area contributed by atoms with E-state index in [1.807, 2.05) is 36.9 Å². The second-order valence-corrected chi connectivity index (χ2v) is 6.14. The molecule has 8 nitrogen and oxygen atoms in total. The van der Waals surface area contributed by atoms with Crippen LogP contribution in [0.25, 0.3) is 0 Å². The molecule has 2 heterocycles. The van der Waals surface area contributed by atoms with E-state index in [-0.39, 0.29) is 18.5 Å². The van der Waals surface area contributed by atoms with Gasteiger partial charge in [0.25, 0.3) is 5.91 Å². The first-order valence-electron chi connectivity index (χ1n) is 8.54. The molecule has 3 rings (SSSR count). The predicted molar refractivity (Wildman–Crippen MR) is 96.5 cm³/mol. The second-order valence-electron chi connectivity index (χ2n) is 6.14. The molecule has 1 amide bonds. The van der Waals surface area contributed by atoms with Crippen LogP contribution in [0.3, 0.4) is 0 Å². The van der Waals surface area contributed by atoms with Gasteiger partial charge in [0.2, 0.25) is 5.95 Å². The van der Waals surface area contributed by atoms with Crippen molar-refractivity contribution in [3.05, 3.63) is 40.7 Å². The van der Waals surface area contributed by atoms with E-state index >= 15 is 0 Å². The molecule has 0 spiro atoms. The summed E-state index contributed by atoms with van der Waals surface area (Å²) in [5.41, 5.74) is 2.62. The van der Waals surface area contributed by atoms with Gasteiger partial charge in [-0.25, -0.2) is 0 Å². The molecule has 0 saturated carbocycles. The number of nitrogens with one attached hydrogen (secondary N) is 1. The number of rotatable bonds is 5. The lowest BCUT2D eigenvalue weighted by Gasteiger charge is -2.26. The van der Waals surface area contributed by atoms with E-state index in [1.54, 1.807) is 0 Å². The molecule has 2 aromatic rings. The molecule has 0 radical (unpaired) electrons. The van der Waals surface area contributed by atoms with Crippen LogP contribution in [0.15, 0.2) is 18.2 Å². The lowest BCUT2D eigenvalue weighted by molar-refractivity contribution is 0.0949. The van der Waals surface area contributed by atoms with E-state index in [4.69, 9.17) is 9.47 Å². The molecule has 1 aliphatic heterocycles. The van der Waals surface area contributed by atoms with Crippen LogP contribution in [0.4, 0.5) is 5.95 Å². The lowest BCUT2D eigenvalue weighted by Crippen LogP contribution is -2.37. The van der Waals surface area contributed by atoms with Gasteiger partial charge in [-0.1, -0.05) is 17.7 Å². The van der Waals surface area contributed by atoms with Gasteiger partial charge in [0.1, 0.15) is 0 Å². The minimum atomic E-state index is -0.154. The highest BCUT2D eigenvalue weighted by atomic mass is 16.5. The van der Waals surface area contributed by atoms with Crippen molar-refractivity contribution < 1.29 is 14.3 Å². The van der Waals surface area contributed by atoms with Gasteiger partial charge in [-0.2, -0.15) is 15.0 Å². The standard InChI is InChI=1S/C18H23N5O3/c1-12-4-5-13(2)14(10-12)16(24)19-11-15-20-17(22-18(21-15)25-3)23-6-8-26-9-7-23/h4-5,10H,6-9,11H2,1-3H3,(H,19,24). The molecule has 0 aliphatic carbocycles. The number of hydrogen-bond acceptors (Lipinski definition) is 7. The first kappa shape index (κ1) is 18.1. The van der Waals surface area contributed by atoms with E-state index < -0.39 is 0 Å². The fourth-order valence-corrected chi connectivity index (χ4v) is 2.70. The lowest BCUT2D eigenvalue weighted by atomic mass is 10.1. The highest BCUT2D eigenvalue weighted by Gasteiger charge is 2.17. The smallest absolute Gasteiger partial charge is 0.321 e. The van der Waals surface area contributed by atoms with Crippen LogP contribution in [-0.4, -0.2) is 54.3 Å². The quantitative estimate of drug-likeness (QED) is 0.862. The minimum absolute atomic E-state index is 0.154. The minimum Gasteiger partial charge on any atom is -0.467 e. The van der Waals surface area contributed by atoms with Crippen LogP contribution in [0.1, 0.15) is 27.3 Å². The van der Waals surface area contributed by atoms with Crippen LogP contribution in [-0.2, 0) is 11.3 Å². The Hall–Kier alpha value is -2.74. The van der Waals surface area contributed by atoms with Crippen LogP contribution < -0.4 is 15.0 Å². The SMILES string of the molecule is COc1nc(CNC(=O)c2cc(C)ccc2C)nc(N2CCOCC2)n1. The third-order valence-electron chi connectivity index (χ3n) is 4.17. The average molecular weight is 357 g/mol. The Balaban J connectivity index is 1.74. The van der Waals surface area contributed by atoms with E-state index in [2.05, 4.69) is 20.3 Å². The van der Waals surface area contributed by atoms with E-state index in [0.717, 1.165) is 11.1 Å². The summed E-state index contributed by atoms with van der Waals surface area (Å²) in [5.74, 6) is 0.839. The van der Waals surface area contributed by atoms with Crippen LogP contribution in [0.5, 0.6) is 6.01 Å². The first-order chi connectivity index (χ1) is 12.6. The number of nitrogens with zero attached hydrogens (tertiary/aromatic N) is 4. The molecule has 0 atom stereocenters. The molecular weight excluding hydrogens is 334 g/mol. The Morgan fingerprint density at radius 1 is 1.23 bits per heavy atom. The zero-order valence-corrected chi connectivity index (χ0v) is 15.3. The normalized spacial score (nSPS) is 14.2. The van der Waals surface area contributed by atoms with E-state index in [9.17, 15) is 4.79 Å². The zero-order valence-electron chi connectivity index (χ0n) is 15.3. The molecule has 1 aliphatic rings. The summed E-state index contributed by atoms with van der Waals surface area (Å²) < 4.78 is 10.5. The average Bonchev–Trinajstić information content (AvgIpc) is 2.68. The maximum absolute atomic E-state index is 12.5. The van der Waals surface area contributed by atoms with Crippen molar-refractivity contribution in [3.8, 4) is 6.01 Å². The maximum atomic E-state index is 12.5. The summed E-state index contributed by atoms with van der Waals surface area (Å²) in [6.07, 6.45) is 0. The number of carbonyl (C=O) groups excluding carboxylic acids is 1. The Morgan fingerprint density at radius 3 is 2.73 bits per heavy atom. The zero-order chi connectivity index (χ0) is 18.5. The monoisotopic (exact) mass is 357 g/mol. The maximum Gasteiger partial charge on any atom is 0.321 e. The number of aryl methyl sites for hydroxylation is 2. The van der Waals surface area contributed by atoms with Gasteiger partial charge in [0.15, 0.2) is 5.82 Å². The molecule has 8 heteroatoms.